The van der Waals surface area contributed by atoms with Crippen molar-refractivity contribution < 1.29 is 17.9 Å². The standard InChI is InChI=1S/C15H15F3N2O/c1-21-13-7-3-5-11(9-13)14(20-19)10-4-2-6-12(8-10)15(16,17)18/h2-9,14,20H,19H2,1H3. The minimum absolute atomic E-state index is 0.431. The van der Waals surface area contributed by atoms with Gasteiger partial charge in [-0.05, 0) is 35.4 Å². The fourth-order valence-corrected chi connectivity index (χ4v) is 2.10. The summed E-state index contributed by atoms with van der Waals surface area (Å²) in [6.45, 7) is 0. The number of alkyl halides is 3. The Kier molecular flexibility index (Phi) is 4.50. The molecule has 1 atom stereocenters. The minimum Gasteiger partial charge on any atom is -0.497 e. The van der Waals surface area contributed by atoms with Crippen molar-refractivity contribution in [2.24, 2.45) is 5.84 Å². The molecule has 0 fully saturated rings. The Morgan fingerprint density at radius 2 is 1.67 bits per heavy atom. The van der Waals surface area contributed by atoms with E-state index in [1.54, 1.807) is 30.3 Å². The van der Waals surface area contributed by atoms with Gasteiger partial charge in [-0.3, -0.25) is 5.84 Å². The number of nitrogens with one attached hydrogen (secondary N) is 1. The maximum Gasteiger partial charge on any atom is 0.416 e. The normalized spacial score (nSPS) is 13.0. The van der Waals surface area contributed by atoms with E-state index in [0.717, 1.165) is 17.7 Å². The summed E-state index contributed by atoms with van der Waals surface area (Å²) < 4.78 is 43.5. The lowest BCUT2D eigenvalue weighted by molar-refractivity contribution is -0.137. The van der Waals surface area contributed by atoms with E-state index in [4.69, 9.17) is 10.6 Å². The van der Waals surface area contributed by atoms with Gasteiger partial charge in [-0.25, -0.2) is 5.43 Å². The molecule has 21 heavy (non-hydrogen) atoms. The zero-order chi connectivity index (χ0) is 15.5. The van der Waals surface area contributed by atoms with E-state index in [-0.39, 0.29) is 0 Å². The van der Waals surface area contributed by atoms with Crippen molar-refractivity contribution in [2.75, 3.05) is 7.11 Å². The molecule has 2 aromatic carbocycles. The summed E-state index contributed by atoms with van der Waals surface area (Å²) in [6.07, 6.45) is -4.39. The second-order valence-electron chi connectivity index (χ2n) is 4.50. The Balaban J connectivity index is 2.41. The summed E-state index contributed by atoms with van der Waals surface area (Å²) in [5.74, 6) is 6.13. The minimum atomic E-state index is -4.39. The predicted molar refractivity (Wildman–Crippen MR) is 73.6 cm³/mol. The highest BCUT2D eigenvalue weighted by Crippen LogP contribution is 2.32. The summed E-state index contributed by atoms with van der Waals surface area (Å²) >= 11 is 0. The molecule has 0 bridgehead atoms. The van der Waals surface area contributed by atoms with Crippen molar-refractivity contribution in [3.63, 3.8) is 0 Å². The van der Waals surface area contributed by atoms with E-state index in [1.165, 1.54) is 13.2 Å². The van der Waals surface area contributed by atoms with Crippen LogP contribution in [0.1, 0.15) is 22.7 Å². The van der Waals surface area contributed by atoms with Gasteiger partial charge in [-0.2, -0.15) is 13.2 Å². The van der Waals surface area contributed by atoms with E-state index < -0.39 is 17.8 Å². The molecule has 1 unspecified atom stereocenters. The first-order chi connectivity index (χ1) is 9.95. The van der Waals surface area contributed by atoms with E-state index in [9.17, 15) is 13.2 Å². The highest BCUT2D eigenvalue weighted by molar-refractivity contribution is 5.38. The van der Waals surface area contributed by atoms with Gasteiger partial charge >= 0.3 is 6.18 Å². The number of hydrogen-bond acceptors (Lipinski definition) is 3. The molecule has 3 N–H and O–H groups in total. The SMILES string of the molecule is COc1cccc(C(NN)c2cccc(C(F)(F)F)c2)c1. The number of methoxy groups -OCH3 is 1. The molecule has 0 aromatic heterocycles. The molecule has 112 valence electrons. The number of hydrogen-bond donors (Lipinski definition) is 2. The molecule has 0 heterocycles. The van der Waals surface area contributed by atoms with Gasteiger partial charge in [0.25, 0.3) is 0 Å². The largest absolute Gasteiger partial charge is 0.497 e. The van der Waals surface area contributed by atoms with Gasteiger partial charge in [0.05, 0.1) is 18.7 Å². The molecule has 0 spiro atoms. The number of benzene rings is 2. The number of rotatable bonds is 4. The topological polar surface area (TPSA) is 47.3 Å². The summed E-state index contributed by atoms with van der Waals surface area (Å²) in [7, 11) is 1.52. The number of nitrogens with two attached hydrogens (primary N) is 1. The zero-order valence-corrected chi connectivity index (χ0v) is 11.3. The molecule has 0 radical (unpaired) electrons. The first kappa shape index (κ1) is 15.3. The molecule has 0 aliphatic carbocycles. The maximum atomic E-state index is 12.8. The van der Waals surface area contributed by atoms with Crippen LogP contribution in [0.25, 0.3) is 0 Å². The van der Waals surface area contributed by atoms with E-state index in [2.05, 4.69) is 5.43 Å². The molecule has 0 amide bonds. The van der Waals surface area contributed by atoms with Gasteiger partial charge in [-0.15, -0.1) is 0 Å². The van der Waals surface area contributed by atoms with Crippen LogP contribution in [0, 0.1) is 0 Å². The molecule has 0 aliphatic heterocycles. The van der Waals surface area contributed by atoms with Crippen LogP contribution in [-0.4, -0.2) is 7.11 Å². The van der Waals surface area contributed by atoms with E-state index >= 15 is 0 Å². The van der Waals surface area contributed by atoms with Crippen LogP contribution in [0.5, 0.6) is 5.75 Å². The summed E-state index contributed by atoms with van der Waals surface area (Å²) in [4.78, 5) is 0. The molecular formula is C15H15F3N2O. The van der Waals surface area contributed by atoms with Gasteiger partial charge in [0.2, 0.25) is 0 Å². The zero-order valence-electron chi connectivity index (χ0n) is 11.3. The van der Waals surface area contributed by atoms with Crippen LogP contribution in [-0.2, 0) is 6.18 Å². The first-order valence-electron chi connectivity index (χ1n) is 6.23. The van der Waals surface area contributed by atoms with Gasteiger partial charge in [0, 0.05) is 0 Å². The van der Waals surface area contributed by atoms with Crippen LogP contribution < -0.4 is 16.0 Å². The van der Waals surface area contributed by atoms with Gasteiger partial charge < -0.3 is 4.74 Å². The van der Waals surface area contributed by atoms with Crippen LogP contribution in [0.2, 0.25) is 0 Å². The maximum absolute atomic E-state index is 12.8. The Morgan fingerprint density at radius 3 is 2.24 bits per heavy atom. The summed E-state index contributed by atoms with van der Waals surface area (Å²) in [5.41, 5.74) is 2.99. The summed E-state index contributed by atoms with van der Waals surface area (Å²) in [6, 6.07) is 11.5. The van der Waals surface area contributed by atoms with Gasteiger partial charge in [0.1, 0.15) is 5.75 Å². The third-order valence-corrected chi connectivity index (χ3v) is 3.14. The second kappa shape index (κ2) is 6.15. The number of halogens is 3. The van der Waals surface area contributed by atoms with Crippen molar-refractivity contribution in [1.29, 1.82) is 0 Å². The summed E-state index contributed by atoms with van der Waals surface area (Å²) in [5, 5.41) is 0. The highest BCUT2D eigenvalue weighted by atomic mass is 19.4. The van der Waals surface area contributed by atoms with Gasteiger partial charge in [-0.1, -0.05) is 24.3 Å². The van der Waals surface area contributed by atoms with Crippen molar-refractivity contribution in [1.82, 2.24) is 5.43 Å². The van der Waals surface area contributed by atoms with Crippen molar-refractivity contribution in [3.8, 4) is 5.75 Å². The quantitative estimate of drug-likeness (QED) is 0.672. The fourth-order valence-electron chi connectivity index (χ4n) is 2.10. The van der Waals surface area contributed by atoms with Crippen LogP contribution in [0.15, 0.2) is 48.5 Å². The molecule has 0 saturated carbocycles. The van der Waals surface area contributed by atoms with Crippen LogP contribution in [0.3, 0.4) is 0 Å². The lowest BCUT2D eigenvalue weighted by atomic mass is 9.97. The van der Waals surface area contributed by atoms with Crippen molar-refractivity contribution in [2.45, 2.75) is 12.2 Å². The average molecular weight is 296 g/mol. The highest BCUT2D eigenvalue weighted by Gasteiger charge is 2.31. The molecule has 6 heteroatoms. The Morgan fingerprint density at radius 1 is 1.05 bits per heavy atom. The Hall–Kier alpha value is -2.05. The lowest BCUT2D eigenvalue weighted by Crippen LogP contribution is -2.29. The first-order valence-corrected chi connectivity index (χ1v) is 6.23. The number of hydrazine groups is 1. The van der Waals surface area contributed by atoms with E-state index in [0.29, 0.717) is 11.3 Å². The molecule has 0 aliphatic rings. The predicted octanol–water partition coefficient (Wildman–Crippen LogP) is 3.27. The molecule has 3 nitrogen and oxygen atoms in total. The monoisotopic (exact) mass is 296 g/mol. The fraction of sp³-hybridized carbons (Fsp3) is 0.200. The van der Waals surface area contributed by atoms with Crippen molar-refractivity contribution in [3.05, 3.63) is 65.2 Å². The number of ether oxygens (including phenoxy) is 1. The third-order valence-electron chi connectivity index (χ3n) is 3.14. The van der Waals surface area contributed by atoms with Gasteiger partial charge in [0.15, 0.2) is 0 Å². The Bertz CT molecular complexity index is 614. The smallest absolute Gasteiger partial charge is 0.416 e. The third kappa shape index (κ3) is 3.53. The lowest BCUT2D eigenvalue weighted by Gasteiger charge is -2.19. The van der Waals surface area contributed by atoms with Crippen LogP contribution >= 0.6 is 0 Å². The molecular weight excluding hydrogens is 281 g/mol. The average Bonchev–Trinajstić information content (AvgIpc) is 2.48. The van der Waals surface area contributed by atoms with Crippen LogP contribution in [0.4, 0.5) is 13.2 Å². The van der Waals surface area contributed by atoms with E-state index in [1.807, 2.05) is 0 Å². The molecule has 2 rings (SSSR count). The molecule has 0 saturated heterocycles. The second-order valence-corrected chi connectivity index (χ2v) is 4.50. The van der Waals surface area contributed by atoms with Crippen molar-refractivity contribution >= 4 is 0 Å². The molecule has 2 aromatic rings. The Labute approximate surface area is 120 Å².